The first-order valence-corrected chi connectivity index (χ1v) is 14.3. The van der Waals surface area contributed by atoms with E-state index in [2.05, 4.69) is 21.3 Å². The predicted octanol–water partition coefficient (Wildman–Crippen LogP) is 0.993. The number of methoxy groups -OCH3 is 1. The second-order valence-electron chi connectivity index (χ2n) is 13.2. The molecule has 12 heteroatoms. The molecule has 4 amide bonds. The molecule has 0 spiro atoms. The number of hydrogen-bond acceptors (Lipinski definition) is 8. The van der Waals surface area contributed by atoms with Crippen LogP contribution in [0.15, 0.2) is 0 Å². The van der Waals surface area contributed by atoms with Crippen LogP contribution in [0.5, 0.6) is 0 Å². The van der Waals surface area contributed by atoms with Crippen molar-refractivity contribution in [3.05, 3.63) is 0 Å². The van der Waals surface area contributed by atoms with Gasteiger partial charge in [-0.15, -0.1) is 0 Å². The van der Waals surface area contributed by atoms with E-state index in [1.807, 2.05) is 20.8 Å². The number of nitrogens with two attached hydrogens (primary N) is 1. The normalized spacial score (nSPS) is 16.4. The van der Waals surface area contributed by atoms with Gasteiger partial charge in [-0.3, -0.25) is 19.2 Å². The number of ether oxygens (including phenoxy) is 1. The van der Waals surface area contributed by atoms with Crippen LogP contribution in [0.4, 0.5) is 0 Å². The van der Waals surface area contributed by atoms with Gasteiger partial charge in [-0.1, -0.05) is 55.4 Å². The fourth-order valence-electron chi connectivity index (χ4n) is 4.64. The van der Waals surface area contributed by atoms with E-state index in [1.54, 1.807) is 34.6 Å². The van der Waals surface area contributed by atoms with Crippen LogP contribution >= 0.6 is 0 Å². The third-order valence-corrected chi connectivity index (χ3v) is 6.93. The van der Waals surface area contributed by atoms with Crippen molar-refractivity contribution in [3.63, 3.8) is 0 Å². The van der Waals surface area contributed by atoms with Gasteiger partial charge in [0, 0.05) is 6.92 Å². The van der Waals surface area contributed by atoms with E-state index in [1.165, 1.54) is 21.0 Å². The Morgan fingerprint density at radius 3 is 1.78 bits per heavy atom. The number of amides is 4. The number of rotatable bonds is 15. The lowest BCUT2D eigenvalue weighted by atomic mass is 9.70. The van der Waals surface area contributed by atoms with Crippen LogP contribution in [0, 0.1) is 22.7 Å². The summed E-state index contributed by atoms with van der Waals surface area (Å²) in [6.07, 6.45) is 0.121. The van der Waals surface area contributed by atoms with Gasteiger partial charge in [0.25, 0.3) is 0 Å². The minimum absolute atomic E-state index is 0.228. The molecule has 6 atom stereocenters. The zero-order chi connectivity index (χ0) is 32.3. The van der Waals surface area contributed by atoms with Gasteiger partial charge < -0.3 is 36.8 Å². The molecular formula is C29H55N5O7. The van der Waals surface area contributed by atoms with Crippen LogP contribution in [0.3, 0.4) is 0 Å². The molecule has 0 aromatic rings. The van der Waals surface area contributed by atoms with Crippen LogP contribution < -0.4 is 27.0 Å². The summed E-state index contributed by atoms with van der Waals surface area (Å²) >= 11 is 0. The largest absolute Gasteiger partial charge is 0.467 e. The third kappa shape index (κ3) is 12.8. The average Bonchev–Trinajstić information content (AvgIpc) is 2.82. The smallest absolute Gasteiger partial charge is 0.328 e. The maximum atomic E-state index is 13.7. The van der Waals surface area contributed by atoms with Gasteiger partial charge in [-0.05, 0) is 49.5 Å². The zero-order valence-corrected chi connectivity index (χ0v) is 26.8. The van der Waals surface area contributed by atoms with Gasteiger partial charge in [-0.2, -0.15) is 0 Å². The van der Waals surface area contributed by atoms with E-state index in [4.69, 9.17) is 10.5 Å². The molecule has 0 aliphatic rings. The molecule has 0 aromatic carbocycles. The molecule has 0 heterocycles. The van der Waals surface area contributed by atoms with Crippen molar-refractivity contribution in [3.8, 4) is 0 Å². The Morgan fingerprint density at radius 1 is 0.805 bits per heavy atom. The van der Waals surface area contributed by atoms with Crippen molar-refractivity contribution in [2.75, 3.05) is 13.7 Å². The van der Waals surface area contributed by atoms with Gasteiger partial charge in [-0.25, -0.2) is 4.79 Å². The lowest BCUT2D eigenvalue weighted by Crippen LogP contribution is -2.62. The van der Waals surface area contributed by atoms with Crippen molar-refractivity contribution < 1.29 is 33.8 Å². The van der Waals surface area contributed by atoms with E-state index in [0.29, 0.717) is 19.4 Å². The van der Waals surface area contributed by atoms with Gasteiger partial charge in [0.1, 0.15) is 18.1 Å². The fraction of sp³-hybridized carbons (Fsp3) is 0.828. The molecule has 0 fully saturated rings. The first kappa shape index (κ1) is 38.3. The van der Waals surface area contributed by atoms with Crippen LogP contribution in [0.2, 0.25) is 0 Å². The van der Waals surface area contributed by atoms with Crippen LogP contribution in [0.25, 0.3) is 0 Å². The van der Waals surface area contributed by atoms with Crippen LogP contribution in [-0.2, 0) is 28.7 Å². The molecule has 7 N–H and O–H groups in total. The maximum Gasteiger partial charge on any atom is 0.328 e. The van der Waals surface area contributed by atoms with Crippen molar-refractivity contribution in [2.45, 2.75) is 119 Å². The second-order valence-corrected chi connectivity index (χ2v) is 13.2. The highest BCUT2D eigenvalue weighted by Crippen LogP contribution is 2.35. The molecule has 0 aliphatic heterocycles. The maximum absolute atomic E-state index is 13.7. The number of hydrogen-bond donors (Lipinski definition) is 6. The molecule has 0 unspecified atom stereocenters. The highest BCUT2D eigenvalue weighted by Gasteiger charge is 2.46. The third-order valence-electron chi connectivity index (χ3n) is 6.93. The number of carbonyl (C=O) groups excluding carboxylic acids is 5. The second kappa shape index (κ2) is 16.6. The summed E-state index contributed by atoms with van der Waals surface area (Å²) in [6.45, 7) is 17.6. The monoisotopic (exact) mass is 585 g/mol. The summed E-state index contributed by atoms with van der Waals surface area (Å²) in [6, 6.07) is -3.66. The fourth-order valence-corrected chi connectivity index (χ4v) is 4.64. The summed E-state index contributed by atoms with van der Waals surface area (Å²) in [5.41, 5.74) is 4.17. The molecule has 0 rings (SSSR count). The van der Waals surface area contributed by atoms with E-state index < -0.39 is 70.7 Å². The Morgan fingerprint density at radius 2 is 1.37 bits per heavy atom. The number of aliphatic hydroxyl groups is 1. The molecule has 0 saturated carbocycles. The van der Waals surface area contributed by atoms with E-state index in [-0.39, 0.29) is 18.2 Å². The Hall–Kier alpha value is -2.73. The van der Waals surface area contributed by atoms with Crippen molar-refractivity contribution in [1.82, 2.24) is 21.3 Å². The number of unbranched alkanes of at least 4 members (excludes halogenated alkanes) is 1. The van der Waals surface area contributed by atoms with E-state index >= 15 is 0 Å². The summed E-state index contributed by atoms with van der Waals surface area (Å²) in [7, 11) is 1.22. The van der Waals surface area contributed by atoms with Gasteiger partial charge in [0.15, 0.2) is 0 Å². The van der Waals surface area contributed by atoms with Gasteiger partial charge >= 0.3 is 5.97 Å². The van der Waals surface area contributed by atoms with Gasteiger partial charge in [0.05, 0.1) is 25.2 Å². The molecule has 12 nitrogen and oxygen atoms in total. The summed E-state index contributed by atoms with van der Waals surface area (Å²) < 4.78 is 4.71. The quantitative estimate of drug-likeness (QED) is 0.121. The molecule has 0 aromatic heterocycles. The van der Waals surface area contributed by atoms with Crippen molar-refractivity contribution in [2.24, 2.45) is 28.4 Å². The summed E-state index contributed by atoms with van der Waals surface area (Å²) in [5, 5.41) is 22.6. The molecule has 0 radical (unpaired) electrons. The number of esters is 1. The minimum atomic E-state index is -1.35. The highest BCUT2D eigenvalue weighted by molar-refractivity contribution is 5.92. The molecule has 41 heavy (non-hydrogen) atoms. The Balaban J connectivity index is 6.26. The first-order valence-electron chi connectivity index (χ1n) is 14.3. The van der Waals surface area contributed by atoms with Crippen LogP contribution in [-0.4, -0.2) is 78.6 Å². The van der Waals surface area contributed by atoms with Gasteiger partial charge in [0.2, 0.25) is 23.6 Å². The topological polar surface area (TPSA) is 189 Å². The Bertz CT molecular complexity index is 895. The summed E-state index contributed by atoms with van der Waals surface area (Å²) in [4.78, 5) is 63.8. The zero-order valence-electron chi connectivity index (χ0n) is 26.8. The SMILES string of the molecule is COC(=O)[C@H](C)NC(=O)[C@@H]([C@@H](O)[C@@H](NC(=O)[C@H](CCCCN)NC(=O)[C@@H](NC(C)=O)C(C)C)C(C)(C)C)C(C)(C)C. The lowest BCUT2D eigenvalue weighted by molar-refractivity contribution is -0.148. The predicted molar refractivity (Wildman–Crippen MR) is 157 cm³/mol. The highest BCUT2D eigenvalue weighted by atomic mass is 16.5. The Kier molecular flexibility index (Phi) is 15.5. The van der Waals surface area contributed by atoms with E-state index in [9.17, 15) is 29.1 Å². The molecule has 0 bridgehead atoms. The number of nitrogens with one attached hydrogen (secondary N) is 4. The molecule has 238 valence electrons. The number of carbonyl (C=O) groups is 5. The standard InChI is InChI=1S/C29H55N5O7/c1-16(2)21(32-18(4)35)26(39)33-19(14-12-13-15-30)24(37)34-23(29(8,9)10)22(36)20(28(5,6)7)25(38)31-17(3)27(40)41-11/h16-17,19-23,36H,12-15,30H2,1-11H3,(H,31,38)(H,32,35)(H,33,39)(H,34,37)/t17-,19-,20+,21-,22+,23+/m0/s1. The Labute approximate surface area is 245 Å². The average molecular weight is 586 g/mol. The van der Waals surface area contributed by atoms with E-state index in [0.717, 1.165) is 0 Å². The van der Waals surface area contributed by atoms with Crippen LogP contribution in [0.1, 0.15) is 88.5 Å². The number of aliphatic hydroxyl groups excluding tert-OH is 1. The molecule has 0 aliphatic carbocycles. The first-order chi connectivity index (χ1) is 18.7. The summed E-state index contributed by atoms with van der Waals surface area (Å²) in [5.74, 6) is -3.84. The molecular weight excluding hydrogens is 530 g/mol. The molecule has 0 saturated heterocycles. The van der Waals surface area contributed by atoms with Crippen molar-refractivity contribution in [1.29, 1.82) is 0 Å². The lowest BCUT2D eigenvalue weighted by Gasteiger charge is -2.43. The van der Waals surface area contributed by atoms with Crippen molar-refractivity contribution >= 4 is 29.6 Å². The minimum Gasteiger partial charge on any atom is -0.467 e.